The molecule has 3 heterocycles. The fourth-order valence-electron chi connectivity index (χ4n) is 2.38. The number of nitrogens with zero attached hydrogens (tertiary/aromatic N) is 7. The van der Waals surface area contributed by atoms with Crippen LogP contribution in [-0.4, -0.2) is 39.0 Å². The van der Waals surface area contributed by atoms with Crippen LogP contribution in [0, 0.1) is 5.92 Å². The molecule has 0 saturated carbocycles. The van der Waals surface area contributed by atoms with Crippen molar-refractivity contribution in [1.29, 1.82) is 0 Å². The Labute approximate surface area is 125 Å². The minimum absolute atomic E-state index is 0.000678. The van der Waals surface area contributed by atoms with Crippen LogP contribution in [0.1, 0.15) is 12.3 Å². The summed E-state index contributed by atoms with van der Waals surface area (Å²) in [7, 11) is 0. The number of amides is 1. The van der Waals surface area contributed by atoms with Gasteiger partial charge in [-0.25, -0.2) is 0 Å². The zero-order valence-electron chi connectivity index (χ0n) is 11.7. The summed E-state index contributed by atoms with van der Waals surface area (Å²) >= 11 is 0. The van der Waals surface area contributed by atoms with Crippen LogP contribution in [0.4, 0.5) is 0 Å². The number of pyridine rings is 1. The average molecular weight is 299 g/mol. The number of aromatic nitrogens is 3. The number of hydrogen-bond donors (Lipinski definition) is 0. The first-order valence-corrected chi connectivity index (χ1v) is 6.78. The maximum Gasteiger partial charge on any atom is 0.246 e. The lowest BCUT2D eigenvalue weighted by Gasteiger charge is -2.12. The van der Waals surface area contributed by atoms with Crippen LogP contribution >= 0.6 is 0 Å². The molecule has 9 nitrogen and oxygen atoms in total. The first kappa shape index (κ1) is 14.0. The fraction of sp³-hybridized carbons (Fsp3) is 0.385. The molecule has 9 heteroatoms. The third-order valence-electron chi connectivity index (χ3n) is 3.41. The summed E-state index contributed by atoms with van der Waals surface area (Å²) in [6.07, 6.45) is 3.69. The van der Waals surface area contributed by atoms with Crippen molar-refractivity contribution >= 4 is 5.91 Å². The molecule has 112 valence electrons. The second-order valence-corrected chi connectivity index (χ2v) is 5.01. The van der Waals surface area contributed by atoms with Crippen molar-refractivity contribution in [2.75, 3.05) is 13.1 Å². The SMILES string of the molecule is [N-]=[N+]=NCC1CC(=O)N(Cc2nc(-c3cccnc3)no2)C1. The largest absolute Gasteiger partial charge is 0.337 e. The van der Waals surface area contributed by atoms with E-state index in [1.807, 2.05) is 6.07 Å². The summed E-state index contributed by atoms with van der Waals surface area (Å²) in [5.41, 5.74) is 9.08. The van der Waals surface area contributed by atoms with Crippen molar-refractivity contribution in [2.45, 2.75) is 13.0 Å². The quantitative estimate of drug-likeness (QED) is 0.473. The number of carbonyl (C=O) groups excluding carboxylic acids is 1. The number of azide groups is 1. The maximum absolute atomic E-state index is 11.9. The molecule has 1 aliphatic rings. The van der Waals surface area contributed by atoms with Crippen molar-refractivity contribution in [3.05, 3.63) is 40.9 Å². The molecule has 0 aromatic carbocycles. The number of hydrogen-bond acceptors (Lipinski definition) is 6. The van der Waals surface area contributed by atoms with Gasteiger partial charge in [0.15, 0.2) is 0 Å². The minimum Gasteiger partial charge on any atom is -0.337 e. The Morgan fingerprint density at radius 1 is 1.55 bits per heavy atom. The molecule has 0 radical (unpaired) electrons. The second-order valence-electron chi connectivity index (χ2n) is 5.01. The Bertz CT molecular complexity index is 708. The van der Waals surface area contributed by atoms with Gasteiger partial charge in [-0.3, -0.25) is 9.78 Å². The Kier molecular flexibility index (Phi) is 3.97. The summed E-state index contributed by atoms with van der Waals surface area (Å²) in [4.78, 5) is 24.5. The number of carbonyl (C=O) groups is 1. The van der Waals surface area contributed by atoms with Gasteiger partial charge in [-0.1, -0.05) is 10.3 Å². The van der Waals surface area contributed by atoms with Gasteiger partial charge in [-0.15, -0.1) is 0 Å². The first-order valence-electron chi connectivity index (χ1n) is 6.78. The van der Waals surface area contributed by atoms with Crippen LogP contribution in [0.3, 0.4) is 0 Å². The van der Waals surface area contributed by atoms with Gasteiger partial charge in [0.25, 0.3) is 0 Å². The molecule has 1 aliphatic heterocycles. The zero-order valence-corrected chi connectivity index (χ0v) is 11.7. The summed E-state index contributed by atoms with van der Waals surface area (Å²) in [6.45, 7) is 1.12. The fourth-order valence-corrected chi connectivity index (χ4v) is 2.38. The molecule has 1 unspecified atom stereocenters. The van der Waals surface area contributed by atoms with E-state index in [2.05, 4.69) is 25.2 Å². The molecule has 0 N–H and O–H groups in total. The van der Waals surface area contributed by atoms with Gasteiger partial charge < -0.3 is 9.42 Å². The summed E-state index contributed by atoms with van der Waals surface area (Å²) < 4.78 is 5.18. The number of likely N-dealkylation sites (tertiary alicyclic amines) is 1. The van der Waals surface area contributed by atoms with Gasteiger partial charge >= 0.3 is 0 Å². The van der Waals surface area contributed by atoms with Crippen molar-refractivity contribution < 1.29 is 9.32 Å². The lowest BCUT2D eigenvalue weighted by atomic mass is 10.1. The highest BCUT2D eigenvalue weighted by Crippen LogP contribution is 2.21. The lowest BCUT2D eigenvalue weighted by Crippen LogP contribution is -2.25. The molecular weight excluding hydrogens is 286 g/mol. The standard InChI is InChI=1S/C13H13N7O2/c14-19-16-5-9-4-12(21)20(7-9)8-11-17-13(18-22-11)10-2-1-3-15-6-10/h1-3,6,9H,4-5,7-8H2. The lowest BCUT2D eigenvalue weighted by molar-refractivity contribution is -0.128. The Balaban J connectivity index is 1.66. The zero-order chi connectivity index (χ0) is 15.4. The molecular formula is C13H13N7O2. The smallest absolute Gasteiger partial charge is 0.246 e. The van der Waals surface area contributed by atoms with E-state index in [1.54, 1.807) is 23.4 Å². The highest BCUT2D eigenvalue weighted by Gasteiger charge is 2.30. The molecule has 1 amide bonds. The maximum atomic E-state index is 11.9. The molecule has 2 aromatic heterocycles. The normalized spacial score (nSPS) is 17.5. The molecule has 2 aromatic rings. The number of rotatable bonds is 5. The van der Waals surface area contributed by atoms with Gasteiger partial charge in [0, 0.05) is 42.4 Å². The highest BCUT2D eigenvalue weighted by atomic mass is 16.5. The molecule has 1 atom stereocenters. The average Bonchev–Trinajstić information content (AvgIpc) is 3.14. The highest BCUT2D eigenvalue weighted by molar-refractivity contribution is 5.78. The topological polar surface area (TPSA) is 121 Å². The second kappa shape index (κ2) is 6.23. The van der Waals surface area contributed by atoms with Gasteiger partial charge in [0.05, 0.1) is 6.54 Å². The van der Waals surface area contributed by atoms with Crippen molar-refractivity contribution in [1.82, 2.24) is 20.0 Å². The van der Waals surface area contributed by atoms with Crippen molar-refractivity contribution in [3.8, 4) is 11.4 Å². The van der Waals surface area contributed by atoms with Crippen LogP contribution in [-0.2, 0) is 11.3 Å². The Hall–Kier alpha value is -2.93. The monoisotopic (exact) mass is 299 g/mol. The third-order valence-corrected chi connectivity index (χ3v) is 3.41. The minimum atomic E-state index is -0.000678. The van der Waals surface area contributed by atoms with E-state index >= 15 is 0 Å². The first-order chi connectivity index (χ1) is 10.8. The van der Waals surface area contributed by atoms with Gasteiger partial charge in [-0.05, 0) is 23.6 Å². The molecule has 22 heavy (non-hydrogen) atoms. The van der Waals surface area contributed by atoms with Gasteiger partial charge in [-0.2, -0.15) is 4.98 Å². The predicted molar refractivity (Wildman–Crippen MR) is 75.1 cm³/mol. The van der Waals surface area contributed by atoms with Crippen LogP contribution in [0.5, 0.6) is 0 Å². The summed E-state index contributed by atoms with van der Waals surface area (Å²) in [5.74, 6) is 0.861. The van der Waals surface area contributed by atoms with E-state index in [1.165, 1.54) is 0 Å². The van der Waals surface area contributed by atoms with Crippen molar-refractivity contribution in [3.63, 3.8) is 0 Å². The van der Waals surface area contributed by atoms with E-state index in [0.29, 0.717) is 31.2 Å². The third kappa shape index (κ3) is 3.04. The Morgan fingerprint density at radius 3 is 3.23 bits per heavy atom. The molecule has 1 saturated heterocycles. The predicted octanol–water partition coefficient (Wildman–Crippen LogP) is 1.79. The van der Waals surface area contributed by atoms with Crippen LogP contribution < -0.4 is 0 Å². The summed E-state index contributed by atoms with van der Waals surface area (Å²) in [6, 6.07) is 3.62. The van der Waals surface area contributed by atoms with E-state index in [9.17, 15) is 4.79 Å². The van der Waals surface area contributed by atoms with Gasteiger partial charge in [0.2, 0.25) is 17.6 Å². The molecule has 0 aliphatic carbocycles. The molecule has 3 rings (SSSR count). The van der Waals surface area contributed by atoms with Crippen LogP contribution in [0.2, 0.25) is 0 Å². The van der Waals surface area contributed by atoms with Crippen LogP contribution in [0.25, 0.3) is 21.8 Å². The summed E-state index contributed by atoms with van der Waals surface area (Å²) in [5, 5.41) is 7.41. The molecule has 0 spiro atoms. The van der Waals surface area contributed by atoms with Crippen LogP contribution in [0.15, 0.2) is 34.2 Å². The van der Waals surface area contributed by atoms with E-state index < -0.39 is 0 Å². The molecule has 1 fully saturated rings. The van der Waals surface area contributed by atoms with Crippen molar-refractivity contribution in [2.24, 2.45) is 11.0 Å². The van der Waals surface area contributed by atoms with E-state index in [0.717, 1.165) is 5.56 Å². The van der Waals surface area contributed by atoms with E-state index in [-0.39, 0.29) is 18.4 Å². The molecule has 0 bridgehead atoms. The van der Waals surface area contributed by atoms with Gasteiger partial charge in [0.1, 0.15) is 0 Å². The van der Waals surface area contributed by atoms with E-state index in [4.69, 9.17) is 10.1 Å². The Morgan fingerprint density at radius 2 is 2.45 bits per heavy atom.